The average Bonchev–Trinajstić information content (AvgIpc) is 2.36. The molecule has 0 aliphatic carbocycles. The number of aromatic nitrogens is 1. The van der Waals surface area contributed by atoms with Crippen LogP contribution in [0.1, 0.15) is 34.6 Å². The topological polar surface area (TPSA) is 42.4 Å². The Balaban J connectivity index is 1.81. The van der Waals surface area contributed by atoms with Gasteiger partial charge in [0, 0.05) is 35.0 Å². The van der Waals surface area contributed by atoms with Crippen LogP contribution in [-0.4, -0.2) is 48.0 Å². The summed E-state index contributed by atoms with van der Waals surface area (Å²) >= 11 is 0. The lowest BCUT2D eigenvalue weighted by Crippen LogP contribution is -2.55. The van der Waals surface area contributed by atoms with E-state index in [-0.39, 0.29) is 11.7 Å². The number of piperidine rings is 1. The first-order chi connectivity index (χ1) is 9.54. The fourth-order valence-corrected chi connectivity index (χ4v) is 3.52. The highest BCUT2D eigenvalue weighted by molar-refractivity contribution is 5.98. The molecule has 3 rings (SSSR count). The Hall–Kier alpha value is -1.26. The van der Waals surface area contributed by atoms with Gasteiger partial charge >= 0.3 is 0 Å². The molecule has 2 fully saturated rings. The normalized spacial score (nSPS) is 30.2. The number of aryl methyl sites for hydroxylation is 2. The van der Waals surface area contributed by atoms with Crippen LogP contribution in [-0.2, 0) is 4.74 Å². The largest absolute Gasteiger partial charge is 0.378 e. The summed E-state index contributed by atoms with van der Waals surface area (Å²) in [5.74, 6) is 0.412. The third-order valence-corrected chi connectivity index (χ3v) is 4.62. The van der Waals surface area contributed by atoms with Crippen molar-refractivity contribution in [2.75, 3.05) is 20.3 Å². The van der Waals surface area contributed by atoms with Gasteiger partial charge in [0.2, 0.25) is 0 Å². The number of nitrogens with zero attached hydrogens (tertiary/aromatic N) is 2. The van der Waals surface area contributed by atoms with E-state index < -0.39 is 0 Å². The number of ketones is 1. The molecule has 1 aromatic heterocycles. The van der Waals surface area contributed by atoms with Crippen LogP contribution in [0.2, 0.25) is 0 Å². The number of likely N-dealkylation sites (N-methyl/N-ethyl adjacent to an activating group) is 1. The van der Waals surface area contributed by atoms with Crippen molar-refractivity contribution in [1.82, 2.24) is 9.88 Å². The van der Waals surface area contributed by atoms with E-state index in [2.05, 4.69) is 16.9 Å². The van der Waals surface area contributed by atoms with Crippen LogP contribution in [0, 0.1) is 19.8 Å². The Bertz CT molecular complexity index is 495. The van der Waals surface area contributed by atoms with Crippen LogP contribution >= 0.6 is 0 Å². The van der Waals surface area contributed by atoms with Crippen molar-refractivity contribution < 1.29 is 9.53 Å². The molecule has 0 N–H and O–H groups in total. The van der Waals surface area contributed by atoms with Gasteiger partial charge in [-0.3, -0.25) is 14.7 Å². The number of morpholine rings is 1. The molecule has 0 radical (unpaired) electrons. The summed E-state index contributed by atoms with van der Waals surface area (Å²) in [6, 6.07) is 4.61. The number of rotatable bonds is 2. The molecule has 4 nitrogen and oxygen atoms in total. The van der Waals surface area contributed by atoms with E-state index in [0.717, 1.165) is 43.0 Å². The summed E-state index contributed by atoms with van der Waals surface area (Å²) in [6.45, 7) is 5.40. The Morgan fingerprint density at radius 1 is 1.20 bits per heavy atom. The van der Waals surface area contributed by atoms with Crippen molar-refractivity contribution in [3.05, 3.63) is 29.1 Å². The molecule has 108 valence electrons. The molecule has 2 unspecified atom stereocenters. The van der Waals surface area contributed by atoms with Crippen LogP contribution < -0.4 is 0 Å². The summed E-state index contributed by atoms with van der Waals surface area (Å²) < 4.78 is 5.62. The molecule has 0 aromatic carbocycles. The second kappa shape index (κ2) is 5.26. The SMILES string of the molecule is Cc1cc(C(=O)C2CC3COCC(C2)N3C)cc(C)n1. The molecule has 2 bridgehead atoms. The van der Waals surface area contributed by atoms with Crippen molar-refractivity contribution in [2.24, 2.45) is 5.92 Å². The van der Waals surface area contributed by atoms with Gasteiger partial charge in [-0.15, -0.1) is 0 Å². The molecule has 4 heteroatoms. The van der Waals surface area contributed by atoms with Crippen molar-refractivity contribution in [2.45, 2.75) is 38.8 Å². The lowest BCUT2D eigenvalue weighted by molar-refractivity contribution is -0.0702. The van der Waals surface area contributed by atoms with E-state index in [9.17, 15) is 4.79 Å². The molecule has 1 aromatic rings. The maximum absolute atomic E-state index is 12.8. The molecule has 0 amide bonds. The predicted molar refractivity (Wildman–Crippen MR) is 76.9 cm³/mol. The third-order valence-electron chi connectivity index (χ3n) is 4.62. The number of hydrogen-bond donors (Lipinski definition) is 0. The first kappa shape index (κ1) is 13.7. The highest BCUT2D eigenvalue weighted by Crippen LogP contribution is 2.32. The molecule has 2 aliphatic rings. The smallest absolute Gasteiger partial charge is 0.166 e. The van der Waals surface area contributed by atoms with Crippen LogP contribution in [0.5, 0.6) is 0 Å². The van der Waals surface area contributed by atoms with Crippen molar-refractivity contribution >= 4 is 5.78 Å². The summed E-state index contributed by atoms with van der Waals surface area (Å²) in [4.78, 5) is 19.5. The van der Waals surface area contributed by atoms with Gasteiger partial charge in [0.1, 0.15) is 0 Å². The van der Waals surface area contributed by atoms with E-state index in [1.165, 1.54) is 0 Å². The monoisotopic (exact) mass is 274 g/mol. The zero-order valence-electron chi connectivity index (χ0n) is 12.4. The Kier molecular flexibility index (Phi) is 3.61. The fraction of sp³-hybridized carbons (Fsp3) is 0.625. The van der Waals surface area contributed by atoms with E-state index in [0.29, 0.717) is 12.1 Å². The number of ether oxygens (including phenoxy) is 1. The summed E-state index contributed by atoms with van der Waals surface area (Å²) in [7, 11) is 2.15. The van der Waals surface area contributed by atoms with Crippen LogP contribution in [0.25, 0.3) is 0 Å². The van der Waals surface area contributed by atoms with Gasteiger partial charge in [0.25, 0.3) is 0 Å². The first-order valence-corrected chi connectivity index (χ1v) is 7.34. The molecule has 0 spiro atoms. The number of carbonyl (C=O) groups excluding carboxylic acids is 1. The molecule has 0 saturated carbocycles. The summed E-state index contributed by atoms with van der Waals surface area (Å²) in [5, 5.41) is 0. The van der Waals surface area contributed by atoms with E-state index in [1.807, 2.05) is 26.0 Å². The zero-order chi connectivity index (χ0) is 14.3. The van der Waals surface area contributed by atoms with Gasteiger partial charge in [-0.1, -0.05) is 0 Å². The molecule has 20 heavy (non-hydrogen) atoms. The number of fused-ring (bicyclic) bond motifs is 2. The number of Topliss-reactive ketones (excluding diaryl/α,β-unsaturated/α-hetero) is 1. The predicted octanol–water partition coefficient (Wildman–Crippen LogP) is 1.99. The second-order valence-corrected chi connectivity index (χ2v) is 6.18. The average molecular weight is 274 g/mol. The Labute approximate surface area is 120 Å². The number of carbonyl (C=O) groups is 1. The number of hydrogen-bond acceptors (Lipinski definition) is 4. The van der Waals surface area contributed by atoms with Gasteiger partial charge < -0.3 is 4.74 Å². The molecule has 3 heterocycles. The van der Waals surface area contributed by atoms with Crippen molar-refractivity contribution in [3.63, 3.8) is 0 Å². The van der Waals surface area contributed by atoms with Crippen LogP contribution in [0.15, 0.2) is 12.1 Å². The zero-order valence-corrected chi connectivity index (χ0v) is 12.4. The lowest BCUT2D eigenvalue weighted by Gasteiger charge is -2.46. The van der Waals surface area contributed by atoms with Gasteiger partial charge in [0.15, 0.2) is 5.78 Å². The minimum Gasteiger partial charge on any atom is -0.378 e. The standard InChI is InChI=1S/C16H22N2O2/c1-10-4-12(5-11(2)17-10)16(19)13-6-14-8-20-9-15(7-13)18(14)3/h4-5,13-15H,6-9H2,1-3H3. The minimum atomic E-state index is 0.131. The number of pyridine rings is 1. The lowest BCUT2D eigenvalue weighted by atomic mass is 9.81. The third kappa shape index (κ3) is 2.50. The van der Waals surface area contributed by atoms with Gasteiger partial charge in [-0.2, -0.15) is 0 Å². The maximum atomic E-state index is 12.8. The summed E-state index contributed by atoms with van der Waals surface area (Å²) in [6.07, 6.45) is 1.82. The molecule has 2 atom stereocenters. The molecular formula is C16H22N2O2. The van der Waals surface area contributed by atoms with Crippen LogP contribution in [0.4, 0.5) is 0 Å². The highest BCUT2D eigenvalue weighted by Gasteiger charge is 2.39. The molecule has 2 aliphatic heterocycles. The molecule has 2 saturated heterocycles. The maximum Gasteiger partial charge on any atom is 0.166 e. The second-order valence-electron chi connectivity index (χ2n) is 6.18. The van der Waals surface area contributed by atoms with E-state index in [4.69, 9.17) is 4.74 Å². The Morgan fingerprint density at radius 3 is 2.30 bits per heavy atom. The minimum absolute atomic E-state index is 0.131. The van der Waals surface area contributed by atoms with Crippen molar-refractivity contribution in [1.29, 1.82) is 0 Å². The quantitative estimate of drug-likeness (QED) is 0.774. The fourth-order valence-electron chi connectivity index (χ4n) is 3.52. The van der Waals surface area contributed by atoms with Gasteiger partial charge in [0.05, 0.1) is 13.2 Å². The van der Waals surface area contributed by atoms with Gasteiger partial charge in [-0.05, 0) is 45.9 Å². The summed E-state index contributed by atoms with van der Waals surface area (Å²) in [5.41, 5.74) is 2.66. The highest BCUT2D eigenvalue weighted by atomic mass is 16.5. The van der Waals surface area contributed by atoms with E-state index in [1.54, 1.807) is 0 Å². The van der Waals surface area contributed by atoms with Crippen molar-refractivity contribution in [3.8, 4) is 0 Å². The van der Waals surface area contributed by atoms with E-state index >= 15 is 0 Å². The Morgan fingerprint density at radius 2 is 1.75 bits per heavy atom. The van der Waals surface area contributed by atoms with Crippen LogP contribution in [0.3, 0.4) is 0 Å². The first-order valence-electron chi connectivity index (χ1n) is 7.34. The molecular weight excluding hydrogens is 252 g/mol. The van der Waals surface area contributed by atoms with Gasteiger partial charge in [-0.25, -0.2) is 0 Å².